The molecule has 0 aliphatic carbocycles. The van der Waals surface area contributed by atoms with Crippen molar-refractivity contribution in [3.63, 3.8) is 0 Å². The molecule has 1 amide bonds. The van der Waals surface area contributed by atoms with Gasteiger partial charge < -0.3 is 10.1 Å². The monoisotopic (exact) mass is 307 g/mol. The molecule has 1 aromatic heterocycles. The number of nitrogens with one attached hydrogen (secondary N) is 1. The number of rotatable bonds is 4. The van der Waals surface area contributed by atoms with E-state index in [-0.39, 0.29) is 12.3 Å². The van der Waals surface area contributed by atoms with Gasteiger partial charge in [-0.05, 0) is 29.5 Å². The second-order valence-electron chi connectivity index (χ2n) is 4.43. The van der Waals surface area contributed by atoms with Gasteiger partial charge in [0.2, 0.25) is 5.91 Å². The SMILES string of the molecule is COC(=O)c1scc(C)c1NC(=O)Cc1ccccc1F. The zero-order valence-corrected chi connectivity index (χ0v) is 12.4. The van der Waals surface area contributed by atoms with Crippen LogP contribution in [0.15, 0.2) is 29.6 Å². The van der Waals surface area contributed by atoms with Crippen LogP contribution in [0.2, 0.25) is 0 Å². The predicted octanol–water partition coefficient (Wildman–Crippen LogP) is 3.16. The number of ether oxygens (including phenoxy) is 1. The Hall–Kier alpha value is -2.21. The van der Waals surface area contributed by atoms with Gasteiger partial charge in [0.1, 0.15) is 10.7 Å². The number of benzene rings is 1. The molecule has 0 spiro atoms. The standard InChI is InChI=1S/C15H14FNO3S/c1-9-8-21-14(15(19)20-2)13(9)17-12(18)7-10-5-3-4-6-11(10)16/h3-6,8H,7H2,1-2H3,(H,17,18). The minimum atomic E-state index is -0.505. The molecule has 0 aliphatic rings. The molecule has 1 aromatic carbocycles. The summed E-state index contributed by atoms with van der Waals surface area (Å²) in [5, 5.41) is 4.41. The number of hydrogen-bond acceptors (Lipinski definition) is 4. The number of methoxy groups -OCH3 is 1. The third-order valence-electron chi connectivity index (χ3n) is 2.92. The van der Waals surface area contributed by atoms with Crippen LogP contribution in [0.5, 0.6) is 0 Å². The summed E-state index contributed by atoms with van der Waals surface area (Å²) in [6, 6.07) is 6.09. The van der Waals surface area contributed by atoms with Crippen molar-refractivity contribution in [2.45, 2.75) is 13.3 Å². The van der Waals surface area contributed by atoms with E-state index in [1.807, 2.05) is 0 Å². The maximum atomic E-state index is 13.5. The van der Waals surface area contributed by atoms with Gasteiger partial charge in [-0.3, -0.25) is 4.79 Å². The highest BCUT2D eigenvalue weighted by atomic mass is 32.1. The van der Waals surface area contributed by atoms with E-state index < -0.39 is 11.8 Å². The Morgan fingerprint density at radius 1 is 1.33 bits per heavy atom. The first-order chi connectivity index (χ1) is 10.0. The Morgan fingerprint density at radius 2 is 2.05 bits per heavy atom. The highest BCUT2D eigenvalue weighted by Gasteiger charge is 2.19. The first kappa shape index (κ1) is 15.2. The Balaban J connectivity index is 2.15. The van der Waals surface area contributed by atoms with Crippen LogP contribution >= 0.6 is 11.3 Å². The maximum absolute atomic E-state index is 13.5. The predicted molar refractivity (Wildman–Crippen MR) is 79.1 cm³/mol. The van der Waals surface area contributed by atoms with Crippen molar-refractivity contribution < 1.29 is 18.7 Å². The van der Waals surface area contributed by atoms with Crippen LogP contribution in [0, 0.1) is 12.7 Å². The average molecular weight is 307 g/mol. The average Bonchev–Trinajstić information content (AvgIpc) is 2.82. The summed E-state index contributed by atoms with van der Waals surface area (Å²) < 4.78 is 18.2. The topological polar surface area (TPSA) is 55.4 Å². The fourth-order valence-electron chi connectivity index (χ4n) is 1.84. The second kappa shape index (κ2) is 6.49. The lowest BCUT2D eigenvalue weighted by molar-refractivity contribution is -0.115. The highest BCUT2D eigenvalue weighted by Crippen LogP contribution is 2.28. The van der Waals surface area contributed by atoms with E-state index in [9.17, 15) is 14.0 Å². The molecule has 0 atom stereocenters. The number of carbonyl (C=O) groups excluding carboxylic acids is 2. The number of amides is 1. The minimum Gasteiger partial charge on any atom is -0.465 e. The largest absolute Gasteiger partial charge is 0.465 e. The lowest BCUT2D eigenvalue weighted by atomic mass is 10.1. The van der Waals surface area contributed by atoms with Gasteiger partial charge in [0, 0.05) is 0 Å². The maximum Gasteiger partial charge on any atom is 0.350 e. The highest BCUT2D eigenvalue weighted by molar-refractivity contribution is 7.12. The van der Waals surface area contributed by atoms with Gasteiger partial charge >= 0.3 is 5.97 Å². The lowest BCUT2D eigenvalue weighted by Gasteiger charge is -2.08. The Labute approximate surface area is 125 Å². The third-order valence-corrected chi connectivity index (χ3v) is 4.00. The van der Waals surface area contributed by atoms with Gasteiger partial charge in [-0.15, -0.1) is 11.3 Å². The number of halogens is 1. The first-order valence-corrected chi connectivity index (χ1v) is 7.10. The molecule has 2 rings (SSSR count). The third kappa shape index (κ3) is 3.46. The van der Waals surface area contributed by atoms with E-state index in [4.69, 9.17) is 0 Å². The second-order valence-corrected chi connectivity index (χ2v) is 5.31. The molecule has 0 saturated heterocycles. The lowest BCUT2D eigenvalue weighted by Crippen LogP contribution is -2.17. The van der Waals surface area contributed by atoms with Crippen LogP contribution in [-0.4, -0.2) is 19.0 Å². The summed E-state index contributed by atoms with van der Waals surface area (Å²) in [5.41, 5.74) is 1.50. The Bertz CT molecular complexity index is 681. The fraction of sp³-hybridized carbons (Fsp3) is 0.200. The summed E-state index contributed by atoms with van der Waals surface area (Å²) in [6.45, 7) is 1.78. The summed E-state index contributed by atoms with van der Waals surface area (Å²) in [7, 11) is 1.28. The van der Waals surface area contributed by atoms with Gasteiger partial charge in [-0.25, -0.2) is 9.18 Å². The zero-order chi connectivity index (χ0) is 15.4. The van der Waals surface area contributed by atoms with Crippen molar-refractivity contribution in [3.05, 3.63) is 51.5 Å². The number of thiophene rings is 1. The van der Waals surface area contributed by atoms with Crippen LogP contribution in [-0.2, 0) is 16.0 Å². The van der Waals surface area contributed by atoms with E-state index in [0.717, 1.165) is 5.56 Å². The summed E-state index contributed by atoms with van der Waals surface area (Å²) in [6.07, 6.45) is -0.0947. The number of hydrogen-bond donors (Lipinski definition) is 1. The normalized spacial score (nSPS) is 10.2. The fourth-order valence-corrected chi connectivity index (χ4v) is 2.76. The van der Waals surface area contributed by atoms with Crippen molar-refractivity contribution in [2.75, 3.05) is 12.4 Å². The van der Waals surface area contributed by atoms with Crippen molar-refractivity contribution in [1.82, 2.24) is 0 Å². The zero-order valence-electron chi connectivity index (χ0n) is 11.6. The molecule has 110 valence electrons. The molecule has 0 aliphatic heterocycles. The molecular formula is C15H14FNO3S. The van der Waals surface area contributed by atoms with Gasteiger partial charge in [0.15, 0.2) is 0 Å². The minimum absolute atomic E-state index is 0.0947. The molecule has 0 saturated carbocycles. The number of anilines is 1. The molecule has 6 heteroatoms. The molecule has 1 heterocycles. The van der Waals surface area contributed by atoms with Crippen LogP contribution in [0.3, 0.4) is 0 Å². The van der Waals surface area contributed by atoms with Crippen molar-refractivity contribution in [3.8, 4) is 0 Å². The quantitative estimate of drug-likeness (QED) is 0.883. The Morgan fingerprint density at radius 3 is 2.71 bits per heavy atom. The van der Waals surface area contributed by atoms with Crippen molar-refractivity contribution in [2.24, 2.45) is 0 Å². The molecule has 4 nitrogen and oxygen atoms in total. The first-order valence-electron chi connectivity index (χ1n) is 6.22. The van der Waals surface area contributed by atoms with E-state index in [0.29, 0.717) is 16.1 Å². The van der Waals surface area contributed by atoms with E-state index >= 15 is 0 Å². The Kier molecular flexibility index (Phi) is 4.70. The smallest absolute Gasteiger partial charge is 0.350 e. The van der Waals surface area contributed by atoms with Crippen LogP contribution in [0.1, 0.15) is 20.8 Å². The van der Waals surface area contributed by atoms with Crippen LogP contribution < -0.4 is 5.32 Å². The molecule has 21 heavy (non-hydrogen) atoms. The molecule has 1 N–H and O–H groups in total. The molecule has 2 aromatic rings. The summed E-state index contributed by atoms with van der Waals surface area (Å²) in [4.78, 5) is 24.0. The number of esters is 1. The van der Waals surface area contributed by atoms with Crippen molar-refractivity contribution >= 4 is 28.9 Å². The van der Waals surface area contributed by atoms with Crippen LogP contribution in [0.25, 0.3) is 0 Å². The van der Waals surface area contributed by atoms with Gasteiger partial charge in [-0.2, -0.15) is 0 Å². The van der Waals surface area contributed by atoms with E-state index in [1.165, 1.54) is 24.5 Å². The molecular weight excluding hydrogens is 293 g/mol. The van der Waals surface area contributed by atoms with E-state index in [1.54, 1.807) is 30.5 Å². The van der Waals surface area contributed by atoms with Gasteiger partial charge in [-0.1, -0.05) is 18.2 Å². The summed E-state index contributed by atoms with van der Waals surface area (Å²) >= 11 is 1.20. The molecule has 0 bridgehead atoms. The van der Waals surface area contributed by atoms with Crippen LogP contribution in [0.4, 0.5) is 10.1 Å². The van der Waals surface area contributed by atoms with E-state index in [2.05, 4.69) is 10.1 Å². The number of aryl methyl sites for hydroxylation is 1. The van der Waals surface area contributed by atoms with Gasteiger partial charge in [0.25, 0.3) is 0 Å². The summed E-state index contributed by atoms with van der Waals surface area (Å²) in [5.74, 6) is -1.32. The molecule has 0 unspecified atom stereocenters. The van der Waals surface area contributed by atoms with Gasteiger partial charge in [0.05, 0.1) is 19.2 Å². The molecule has 0 radical (unpaired) electrons. The molecule has 0 fully saturated rings. The number of carbonyl (C=O) groups is 2. The van der Waals surface area contributed by atoms with Crippen molar-refractivity contribution in [1.29, 1.82) is 0 Å².